The van der Waals surface area contributed by atoms with Crippen LogP contribution in [0.2, 0.25) is 0 Å². The average molecular weight is 312 g/mol. The van der Waals surface area contributed by atoms with E-state index in [1.807, 2.05) is 52.8 Å². The molecule has 0 aliphatic heterocycles. The summed E-state index contributed by atoms with van der Waals surface area (Å²) in [6.45, 7) is 9.98. The largest absolute Gasteiger partial charge is 0.478 e. The number of rotatable bonds is 5. The van der Waals surface area contributed by atoms with Gasteiger partial charge in [-0.1, -0.05) is 35.4 Å². The van der Waals surface area contributed by atoms with Crippen molar-refractivity contribution in [1.29, 1.82) is 0 Å². The molecule has 0 unspecified atom stereocenters. The zero-order chi connectivity index (χ0) is 17.1. The fraction of sp³-hybridized carbons (Fsp3) is 0.350. The number of aliphatic carboxylic acids is 1. The van der Waals surface area contributed by atoms with E-state index in [0.29, 0.717) is 12.2 Å². The molecule has 0 spiro atoms. The first-order valence-electron chi connectivity index (χ1n) is 7.80. The highest BCUT2D eigenvalue weighted by Crippen LogP contribution is 2.25. The van der Waals surface area contributed by atoms with E-state index in [1.54, 1.807) is 0 Å². The van der Waals surface area contributed by atoms with Crippen molar-refractivity contribution in [1.82, 2.24) is 0 Å². The Morgan fingerprint density at radius 1 is 0.957 bits per heavy atom. The number of benzene rings is 2. The third-order valence-corrected chi connectivity index (χ3v) is 4.01. The predicted octanol–water partition coefficient (Wildman–Crippen LogP) is 4.30. The number of carboxylic acid groups (broad SMARTS) is 1. The van der Waals surface area contributed by atoms with Crippen LogP contribution < -0.4 is 4.74 Å². The summed E-state index contributed by atoms with van der Waals surface area (Å²) in [6, 6.07) is 10.1. The Morgan fingerprint density at radius 3 is 2.09 bits per heavy atom. The quantitative estimate of drug-likeness (QED) is 0.895. The minimum Gasteiger partial charge on any atom is -0.478 e. The molecule has 0 aliphatic carbocycles. The molecule has 0 amide bonds. The highest BCUT2D eigenvalue weighted by atomic mass is 16.5. The number of carboxylic acids is 1. The summed E-state index contributed by atoms with van der Waals surface area (Å²) in [5, 5.41) is 9.54. The average Bonchev–Trinajstić information content (AvgIpc) is 2.42. The number of ether oxygens (including phenoxy) is 1. The lowest BCUT2D eigenvalue weighted by atomic mass is 10.0. The molecule has 0 saturated heterocycles. The standard InChI is InChI=1S/C20H24O3/c1-12-6-13(2)9-17(8-12)11-19(20(21)22)23-18-10-14(3)7-15(4)16(18)5/h6-10,19H,11H2,1-5H3,(H,21,22)/t19-/m1/s1. The predicted molar refractivity (Wildman–Crippen MR) is 92.3 cm³/mol. The Bertz CT molecular complexity index is 712. The van der Waals surface area contributed by atoms with Gasteiger partial charge in [0.25, 0.3) is 0 Å². The van der Waals surface area contributed by atoms with Crippen LogP contribution in [-0.4, -0.2) is 17.2 Å². The van der Waals surface area contributed by atoms with Crippen LogP contribution >= 0.6 is 0 Å². The first kappa shape index (κ1) is 17.1. The van der Waals surface area contributed by atoms with Gasteiger partial charge < -0.3 is 9.84 Å². The SMILES string of the molecule is Cc1cc(C)cc(C[C@@H](Oc2cc(C)cc(C)c2C)C(=O)O)c1. The second kappa shape index (κ2) is 6.86. The van der Waals surface area contributed by atoms with Gasteiger partial charge in [0.1, 0.15) is 5.75 Å². The second-order valence-corrected chi connectivity index (χ2v) is 6.35. The zero-order valence-electron chi connectivity index (χ0n) is 14.4. The van der Waals surface area contributed by atoms with Gasteiger partial charge in [-0.3, -0.25) is 0 Å². The van der Waals surface area contributed by atoms with Gasteiger partial charge in [-0.05, 0) is 62.9 Å². The number of carbonyl (C=O) groups is 1. The first-order chi connectivity index (χ1) is 10.8. The molecule has 0 bridgehead atoms. The third-order valence-electron chi connectivity index (χ3n) is 4.01. The van der Waals surface area contributed by atoms with Crippen LogP contribution in [0.1, 0.15) is 33.4 Å². The Balaban J connectivity index is 2.28. The van der Waals surface area contributed by atoms with Crippen molar-refractivity contribution in [2.75, 3.05) is 0 Å². The first-order valence-corrected chi connectivity index (χ1v) is 7.80. The molecular formula is C20H24O3. The molecule has 3 nitrogen and oxygen atoms in total. The Labute approximate surface area is 137 Å². The van der Waals surface area contributed by atoms with E-state index in [1.165, 1.54) is 0 Å². The monoisotopic (exact) mass is 312 g/mol. The normalized spacial score (nSPS) is 12.0. The van der Waals surface area contributed by atoms with Crippen molar-refractivity contribution < 1.29 is 14.6 Å². The third kappa shape index (κ3) is 4.35. The van der Waals surface area contributed by atoms with E-state index in [2.05, 4.69) is 12.1 Å². The Hall–Kier alpha value is -2.29. The summed E-state index contributed by atoms with van der Waals surface area (Å²) in [4.78, 5) is 11.6. The summed E-state index contributed by atoms with van der Waals surface area (Å²) in [6.07, 6.45) is -0.541. The van der Waals surface area contributed by atoms with Crippen LogP contribution in [0.5, 0.6) is 5.75 Å². The van der Waals surface area contributed by atoms with Crippen molar-refractivity contribution in [3.8, 4) is 5.75 Å². The summed E-state index contributed by atoms with van der Waals surface area (Å²) < 4.78 is 5.85. The molecule has 2 rings (SSSR count). The van der Waals surface area contributed by atoms with Crippen LogP contribution in [-0.2, 0) is 11.2 Å². The van der Waals surface area contributed by atoms with Crippen molar-refractivity contribution >= 4 is 5.97 Å². The van der Waals surface area contributed by atoms with Gasteiger partial charge in [0.15, 0.2) is 6.10 Å². The fourth-order valence-electron chi connectivity index (χ4n) is 2.86. The maximum atomic E-state index is 11.6. The van der Waals surface area contributed by atoms with Crippen molar-refractivity contribution in [2.24, 2.45) is 0 Å². The zero-order valence-corrected chi connectivity index (χ0v) is 14.4. The summed E-state index contributed by atoms with van der Waals surface area (Å²) >= 11 is 0. The van der Waals surface area contributed by atoms with Gasteiger partial charge in [0.05, 0.1) is 0 Å². The molecule has 2 aromatic carbocycles. The molecule has 1 atom stereocenters. The van der Waals surface area contributed by atoms with E-state index < -0.39 is 12.1 Å². The molecule has 0 aliphatic rings. The molecule has 0 heterocycles. The van der Waals surface area contributed by atoms with Crippen LogP contribution in [0.15, 0.2) is 30.3 Å². The topological polar surface area (TPSA) is 46.5 Å². The van der Waals surface area contributed by atoms with E-state index in [0.717, 1.165) is 33.4 Å². The van der Waals surface area contributed by atoms with E-state index in [-0.39, 0.29) is 0 Å². The molecule has 0 aromatic heterocycles. The summed E-state index contributed by atoms with van der Waals surface area (Å²) in [5.41, 5.74) is 6.41. The maximum Gasteiger partial charge on any atom is 0.345 e. The van der Waals surface area contributed by atoms with E-state index in [4.69, 9.17) is 4.74 Å². The summed E-state index contributed by atoms with van der Waals surface area (Å²) in [5.74, 6) is -0.290. The van der Waals surface area contributed by atoms with Gasteiger partial charge in [0, 0.05) is 6.42 Å². The van der Waals surface area contributed by atoms with Gasteiger partial charge in [-0.2, -0.15) is 0 Å². The van der Waals surface area contributed by atoms with Crippen molar-refractivity contribution in [3.63, 3.8) is 0 Å². The molecular weight excluding hydrogens is 288 g/mol. The highest BCUT2D eigenvalue weighted by molar-refractivity contribution is 5.73. The van der Waals surface area contributed by atoms with Crippen LogP contribution in [0.3, 0.4) is 0 Å². The van der Waals surface area contributed by atoms with Gasteiger partial charge in [-0.25, -0.2) is 4.79 Å². The Kier molecular flexibility index (Phi) is 5.09. The molecule has 0 saturated carbocycles. The van der Waals surface area contributed by atoms with Crippen molar-refractivity contribution in [3.05, 3.63) is 63.7 Å². The summed E-state index contributed by atoms with van der Waals surface area (Å²) in [7, 11) is 0. The molecule has 3 heteroatoms. The highest BCUT2D eigenvalue weighted by Gasteiger charge is 2.21. The molecule has 1 N–H and O–H groups in total. The van der Waals surface area contributed by atoms with Crippen molar-refractivity contribution in [2.45, 2.75) is 47.1 Å². The lowest BCUT2D eigenvalue weighted by Crippen LogP contribution is -2.29. The molecule has 0 radical (unpaired) electrons. The molecule has 0 fully saturated rings. The van der Waals surface area contributed by atoms with Gasteiger partial charge in [0.2, 0.25) is 0 Å². The minimum atomic E-state index is -0.942. The number of hydrogen-bond acceptors (Lipinski definition) is 2. The second-order valence-electron chi connectivity index (χ2n) is 6.35. The lowest BCUT2D eigenvalue weighted by molar-refractivity contribution is -0.145. The van der Waals surface area contributed by atoms with Crippen LogP contribution in [0.4, 0.5) is 0 Å². The van der Waals surface area contributed by atoms with Crippen LogP contribution in [0, 0.1) is 34.6 Å². The smallest absolute Gasteiger partial charge is 0.345 e. The molecule has 122 valence electrons. The van der Waals surface area contributed by atoms with E-state index in [9.17, 15) is 9.90 Å². The van der Waals surface area contributed by atoms with E-state index >= 15 is 0 Å². The number of hydrogen-bond donors (Lipinski definition) is 1. The van der Waals surface area contributed by atoms with Gasteiger partial charge in [-0.15, -0.1) is 0 Å². The maximum absolute atomic E-state index is 11.6. The van der Waals surface area contributed by atoms with Gasteiger partial charge >= 0.3 is 5.97 Å². The lowest BCUT2D eigenvalue weighted by Gasteiger charge is -2.19. The Morgan fingerprint density at radius 2 is 1.52 bits per heavy atom. The molecule has 2 aromatic rings. The van der Waals surface area contributed by atoms with Crippen LogP contribution in [0.25, 0.3) is 0 Å². The number of aryl methyl sites for hydroxylation is 4. The fourth-order valence-corrected chi connectivity index (χ4v) is 2.86. The minimum absolute atomic E-state index is 0.351. The molecule has 23 heavy (non-hydrogen) atoms.